The number of aliphatic imine (C=N–C) groups is 1. The number of primary amides is 1. The summed E-state index contributed by atoms with van der Waals surface area (Å²) in [7, 11) is 1.41. The van der Waals surface area contributed by atoms with Gasteiger partial charge in [-0.1, -0.05) is 6.92 Å². The highest BCUT2D eigenvalue weighted by Crippen LogP contribution is 2.24. The summed E-state index contributed by atoms with van der Waals surface area (Å²) < 4.78 is 10.2. The Morgan fingerprint density at radius 2 is 2.21 bits per heavy atom. The lowest BCUT2D eigenvalue weighted by Gasteiger charge is -2.21. The van der Waals surface area contributed by atoms with Crippen molar-refractivity contribution < 1.29 is 18.7 Å². The topological polar surface area (TPSA) is 110 Å². The van der Waals surface area contributed by atoms with Crippen LogP contribution in [0.5, 0.6) is 0 Å². The monoisotopic (exact) mass is 336 g/mol. The van der Waals surface area contributed by atoms with Gasteiger partial charge in [0.1, 0.15) is 12.3 Å². The third-order valence-corrected chi connectivity index (χ3v) is 4.04. The summed E-state index contributed by atoms with van der Waals surface area (Å²) in [4.78, 5) is 29.4. The van der Waals surface area contributed by atoms with E-state index in [1.165, 1.54) is 13.2 Å². The Bertz CT molecular complexity index is 625. The van der Waals surface area contributed by atoms with E-state index in [0.717, 1.165) is 6.54 Å². The van der Waals surface area contributed by atoms with Crippen LogP contribution in [0.15, 0.2) is 21.5 Å². The molecule has 0 spiro atoms. The fourth-order valence-corrected chi connectivity index (χ4v) is 2.77. The third kappa shape index (κ3) is 4.06. The van der Waals surface area contributed by atoms with Crippen LogP contribution in [0.25, 0.3) is 0 Å². The molecule has 1 aromatic heterocycles. The highest BCUT2D eigenvalue weighted by atomic mass is 16.5. The molecule has 8 nitrogen and oxygen atoms in total. The van der Waals surface area contributed by atoms with E-state index in [1.54, 1.807) is 6.07 Å². The van der Waals surface area contributed by atoms with Crippen LogP contribution in [0, 0.1) is 11.8 Å². The second-order valence-electron chi connectivity index (χ2n) is 5.81. The number of nitrogens with zero attached hydrogens (tertiary/aromatic N) is 2. The number of ether oxygens (including phenoxy) is 1. The molecule has 24 heavy (non-hydrogen) atoms. The molecule has 0 aromatic carbocycles. The Hall–Kier alpha value is -2.51. The minimum Gasteiger partial charge on any atom is -0.469 e. The molecule has 1 aliphatic heterocycles. The van der Waals surface area contributed by atoms with Crippen LogP contribution >= 0.6 is 0 Å². The van der Waals surface area contributed by atoms with E-state index in [9.17, 15) is 9.59 Å². The highest BCUT2D eigenvalue weighted by Gasteiger charge is 2.36. The number of carbonyl (C=O) groups is 2. The Labute approximate surface area is 141 Å². The van der Waals surface area contributed by atoms with Gasteiger partial charge in [0.15, 0.2) is 11.7 Å². The van der Waals surface area contributed by atoms with Gasteiger partial charge < -0.3 is 25.1 Å². The quantitative estimate of drug-likeness (QED) is 0.462. The lowest BCUT2D eigenvalue weighted by Crippen LogP contribution is -2.40. The number of nitrogens with two attached hydrogens (primary N) is 1. The summed E-state index contributed by atoms with van der Waals surface area (Å²) in [5.41, 5.74) is 5.17. The van der Waals surface area contributed by atoms with E-state index < -0.39 is 5.91 Å². The summed E-state index contributed by atoms with van der Waals surface area (Å²) in [6, 6.07) is 3.21. The molecule has 2 rings (SSSR count). The number of amides is 1. The van der Waals surface area contributed by atoms with Crippen molar-refractivity contribution >= 4 is 17.8 Å². The summed E-state index contributed by atoms with van der Waals surface area (Å²) in [5.74, 6) is 0.592. The van der Waals surface area contributed by atoms with E-state index in [-0.39, 0.29) is 30.1 Å². The van der Waals surface area contributed by atoms with Crippen molar-refractivity contribution in [1.29, 1.82) is 0 Å². The Balaban J connectivity index is 2.08. The van der Waals surface area contributed by atoms with Crippen molar-refractivity contribution in [1.82, 2.24) is 10.2 Å². The lowest BCUT2D eigenvalue weighted by molar-refractivity contribution is -0.145. The molecule has 1 amide bonds. The predicted molar refractivity (Wildman–Crippen MR) is 88.3 cm³/mol. The van der Waals surface area contributed by atoms with Gasteiger partial charge in [0.25, 0.3) is 5.91 Å². The van der Waals surface area contributed by atoms with Gasteiger partial charge in [-0.3, -0.25) is 9.59 Å². The lowest BCUT2D eigenvalue weighted by atomic mass is 9.99. The first-order chi connectivity index (χ1) is 11.5. The molecule has 0 saturated carbocycles. The highest BCUT2D eigenvalue weighted by molar-refractivity contribution is 5.89. The van der Waals surface area contributed by atoms with Gasteiger partial charge in [0.2, 0.25) is 0 Å². The molecular formula is C16H24N4O4. The molecule has 8 heteroatoms. The van der Waals surface area contributed by atoms with Crippen LogP contribution in [0.1, 0.15) is 30.2 Å². The molecular weight excluding hydrogens is 312 g/mol. The number of guanidine groups is 1. The number of hydrogen-bond acceptors (Lipinski definition) is 5. The standard InChI is InChI=1S/C16H24N4O4/c1-4-18-16(19-7-11-5-6-13(24-11)14(17)21)20-8-10(2)12(9-20)15(22)23-3/h5-6,10,12H,4,7-9H2,1-3H3,(H2,17,21)(H,18,19). The molecule has 2 unspecified atom stereocenters. The average molecular weight is 336 g/mol. The van der Waals surface area contributed by atoms with Crippen LogP contribution in [-0.4, -0.2) is 49.5 Å². The normalized spacial score (nSPS) is 21.0. The third-order valence-electron chi connectivity index (χ3n) is 4.04. The fraction of sp³-hybridized carbons (Fsp3) is 0.562. The molecule has 0 radical (unpaired) electrons. The van der Waals surface area contributed by atoms with Crippen molar-refractivity contribution in [3.05, 3.63) is 23.7 Å². The van der Waals surface area contributed by atoms with E-state index in [1.807, 2.05) is 18.7 Å². The molecule has 1 aliphatic rings. The predicted octanol–water partition coefficient (Wildman–Crippen LogP) is 0.585. The van der Waals surface area contributed by atoms with Gasteiger partial charge in [-0.05, 0) is 25.0 Å². The van der Waals surface area contributed by atoms with Gasteiger partial charge in [-0.15, -0.1) is 0 Å². The molecule has 0 bridgehead atoms. The zero-order valence-corrected chi connectivity index (χ0v) is 14.2. The molecule has 1 aromatic rings. The van der Waals surface area contributed by atoms with Crippen LogP contribution in [0.2, 0.25) is 0 Å². The van der Waals surface area contributed by atoms with E-state index in [2.05, 4.69) is 10.3 Å². The van der Waals surface area contributed by atoms with Crippen LogP contribution in [0.4, 0.5) is 0 Å². The molecule has 2 heterocycles. The largest absolute Gasteiger partial charge is 0.469 e. The Kier molecular flexibility index (Phi) is 5.83. The minimum atomic E-state index is -0.605. The van der Waals surface area contributed by atoms with E-state index in [4.69, 9.17) is 14.9 Å². The first-order valence-corrected chi connectivity index (χ1v) is 7.95. The van der Waals surface area contributed by atoms with E-state index >= 15 is 0 Å². The summed E-state index contributed by atoms with van der Waals surface area (Å²) in [5, 5.41) is 3.21. The number of hydrogen-bond donors (Lipinski definition) is 2. The van der Waals surface area contributed by atoms with Gasteiger partial charge in [-0.2, -0.15) is 0 Å². The fourth-order valence-electron chi connectivity index (χ4n) is 2.77. The average Bonchev–Trinajstić information content (AvgIpc) is 3.17. The van der Waals surface area contributed by atoms with Gasteiger partial charge in [0, 0.05) is 19.6 Å². The first kappa shape index (κ1) is 17.8. The number of furan rings is 1. The molecule has 2 atom stereocenters. The minimum absolute atomic E-state index is 0.116. The zero-order valence-electron chi connectivity index (χ0n) is 14.2. The second kappa shape index (κ2) is 7.85. The van der Waals surface area contributed by atoms with Crippen molar-refractivity contribution in [3.8, 4) is 0 Å². The molecule has 1 saturated heterocycles. The Morgan fingerprint density at radius 1 is 1.46 bits per heavy atom. The van der Waals surface area contributed by atoms with Crippen LogP contribution in [-0.2, 0) is 16.1 Å². The molecule has 1 fully saturated rings. The molecule has 0 aliphatic carbocycles. The number of carbonyl (C=O) groups excluding carboxylic acids is 2. The first-order valence-electron chi connectivity index (χ1n) is 7.95. The van der Waals surface area contributed by atoms with Crippen LogP contribution < -0.4 is 11.1 Å². The molecule has 3 N–H and O–H groups in total. The maximum Gasteiger partial charge on any atom is 0.310 e. The SMILES string of the molecule is CCNC(=NCc1ccc(C(N)=O)o1)N1CC(C)C(C(=O)OC)C1. The maximum absolute atomic E-state index is 11.8. The number of likely N-dealkylation sites (tertiary alicyclic amines) is 1. The number of methoxy groups -OCH3 is 1. The smallest absolute Gasteiger partial charge is 0.310 e. The maximum atomic E-state index is 11.8. The van der Waals surface area contributed by atoms with Crippen molar-refractivity contribution in [2.75, 3.05) is 26.7 Å². The van der Waals surface area contributed by atoms with Crippen molar-refractivity contribution in [2.24, 2.45) is 22.6 Å². The van der Waals surface area contributed by atoms with Crippen molar-refractivity contribution in [3.63, 3.8) is 0 Å². The number of nitrogens with one attached hydrogen (secondary N) is 1. The van der Waals surface area contributed by atoms with Crippen molar-refractivity contribution in [2.45, 2.75) is 20.4 Å². The summed E-state index contributed by atoms with van der Waals surface area (Å²) in [6.07, 6.45) is 0. The molecule has 132 valence electrons. The van der Waals surface area contributed by atoms with Gasteiger partial charge in [0.05, 0.1) is 13.0 Å². The van der Waals surface area contributed by atoms with Crippen LogP contribution in [0.3, 0.4) is 0 Å². The van der Waals surface area contributed by atoms with Gasteiger partial charge >= 0.3 is 5.97 Å². The zero-order chi connectivity index (χ0) is 17.7. The number of esters is 1. The summed E-state index contributed by atoms with van der Waals surface area (Å²) in [6.45, 7) is 6.27. The Morgan fingerprint density at radius 3 is 2.79 bits per heavy atom. The summed E-state index contributed by atoms with van der Waals surface area (Å²) >= 11 is 0. The second-order valence-corrected chi connectivity index (χ2v) is 5.81. The van der Waals surface area contributed by atoms with Gasteiger partial charge in [-0.25, -0.2) is 4.99 Å². The van der Waals surface area contributed by atoms with E-state index in [0.29, 0.717) is 24.8 Å². The number of rotatable bonds is 5.